The number of likely N-dealkylation sites (tertiary alicyclic amines) is 1. The van der Waals surface area contributed by atoms with Crippen molar-refractivity contribution in [3.63, 3.8) is 0 Å². The van der Waals surface area contributed by atoms with Crippen LogP contribution in [0.25, 0.3) is 0 Å². The third-order valence-corrected chi connectivity index (χ3v) is 3.71. The number of phenolic OH excluding ortho intramolecular Hbond substituents is 1. The predicted octanol–water partition coefficient (Wildman–Crippen LogP) is 2.95. The molecule has 0 saturated carbocycles. The fraction of sp³-hybridized carbons (Fsp3) is 0.562. The maximum atomic E-state index is 13.0. The largest absolute Gasteiger partial charge is 0.507 e. The molecule has 0 aliphatic carbocycles. The number of rotatable bonds is 4. The fourth-order valence-corrected chi connectivity index (χ4v) is 2.58. The Morgan fingerprint density at radius 3 is 2.95 bits per heavy atom. The number of phenols is 1. The molecule has 1 amide bonds. The zero-order chi connectivity index (χ0) is 15.2. The third-order valence-electron chi connectivity index (χ3n) is 3.71. The van der Waals surface area contributed by atoms with Gasteiger partial charge in [-0.2, -0.15) is 0 Å². The van der Waals surface area contributed by atoms with E-state index >= 15 is 0 Å². The van der Waals surface area contributed by atoms with E-state index in [1.807, 2.05) is 0 Å². The van der Waals surface area contributed by atoms with Gasteiger partial charge in [0.2, 0.25) is 0 Å². The van der Waals surface area contributed by atoms with Crippen LogP contribution < -0.4 is 0 Å². The van der Waals surface area contributed by atoms with Gasteiger partial charge in [0.15, 0.2) is 0 Å². The zero-order valence-electron chi connectivity index (χ0n) is 12.3. The average Bonchev–Trinajstić information content (AvgIpc) is 2.70. The van der Waals surface area contributed by atoms with E-state index in [1.165, 1.54) is 12.1 Å². The fourth-order valence-electron chi connectivity index (χ4n) is 2.58. The first-order valence-electron chi connectivity index (χ1n) is 7.51. The van der Waals surface area contributed by atoms with Gasteiger partial charge in [-0.25, -0.2) is 4.39 Å². The highest BCUT2D eigenvalue weighted by Crippen LogP contribution is 2.22. The summed E-state index contributed by atoms with van der Waals surface area (Å²) in [5.41, 5.74) is 0.157. The van der Waals surface area contributed by atoms with Crippen molar-refractivity contribution in [1.82, 2.24) is 4.90 Å². The van der Waals surface area contributed by atoms with E-state index < -0.39 is 5.82 Å². The molecule has 1 heterocycles. The molecule has 1 aliphatic heterocycles. The molecule has 2 rings (SSSR count). The molecule has 21 heavy (non-hydrogen) atoms. The molecule has 1 aromatic rings. The lowest BCUT2D eigenvalue weighted by Gasteiger charge is -2.21. The van der Waals surface area contributed by atoms with Gasteiger partial charge < -0.3 is 14.7 Å². The van der Waals surface area contributed by atoms with Crippen LogP contribution >= 0.6 is 0 Å². The molecule has 0 aromatic heterocycles. The molecule has 1 atom stereocenters. The lowest BCUT2D eigenvalue weighted by Crippen LogP contribution is -2.32. The van der Waals surface area contributed by atoms with E-state index in [0.29, 0.717) is 13.1 Å². The first-order chi connectivity index (χ1) is 10.1. The van der Waals surface area contributed by atoms with Crippen molar-refractivity contribution in [3.8, 4) is 5.75 Å². The van der Waals surface area contributed by atoms with E-state index in [4.69, 9.17) is 4.74 Å². The second-order valence-electron chi connectivity index (χ2n) is 5.38. The summed E-state index contributed by atoms with van der Waals surface area (Å²) in [6, 6.07) is 3.50. The Kier molecular flexibility index (Phi) is 5.56. The summed E-state index contributed by atoms with van der Waals surface area (Å²) in [5.74, 6) is -1.10. The summed E-state index contributed by atoms with van der Waals surface area (Å²) in [6.07, 6.45) is 3.81. The number of halogens is 1. The number of nitrogens with zero attached hydrogens (tertiary/aromatic N) is 1. The Bertz CT molecular complexity index is 492. The minimum absolute atomic E-state index is 0.157. The van der Waals surface area contributed by atoms with Gasteiger partial charge in [-0.1, -0.05) is 6.92 Å². The number of benzene rings is 1. The SMILES string of the molecule is CCCO[C@@H]1CCCN(C(=O)c2ccc(F)cc2O)CC1. The second-order valence-corrected chi connectivity index (χ2v) is 5.38. The highest BCUT2D eigenvalue weighted by molar-refractivity contribution is 5.96. The van der Waals surface area contributed by atoms with Crippen molar-refractivity contribution in [2.75, 3.05) is 19.7 Å². The van der Waals surface area contributed by atoms with Gasteiger partial charge in [-0.3, -0.25) is 4.79 Å². The first-order valence-corrected chi connectivity index (χ1v) is 7.51. The van der Waals surface area contributed by atoms with Crippen LogP contribution in [0.15, 0.2) is 18.2 Å². The molecule has 5 heteroatoms. The van der Waals surface area contributed by atoms with Gasteiger partial charge >= 0.3 is 0 Å². The lowest BCUT2D eigenvalue weighted by atomic mass is 10.1. The Balaban J connectivity index is 1.99. The van der Waals surface area contributed by atoms with Crippen LogP contribution in [0.2, 0.25) is 0 Å². The van der Waals surface area contributed by atoms with Gasteiger partial charge in [-0.15, -0.1) is 0 Å². The van der Waals surface area contributed by atoms with Crippen molar-refractivity contribution < 1.29 is 19.0 Å². The lowest BCUT2D eigenvalue weighted by molar-refractivity contribution is 0.0432. The van der Waals surface area contributed by atoms with Crippen LogP contribution in [0.4, 0.5) is 4.39 Å². The number of amides is 1. The van der Waals surface area contributed by atoms with Crippen molar-refractivity contribution in [3.05, 3.63) is 29.6 Å². The zero-order valence-corrected chi connectivity index (χ0v) is 12.3. The monoisotopic (exact) mass is 295 g/mol. The summed E-state index contributed by atoms with van der Waals surface area (Å²) in [4.78, 5) is 14.1. The minimum atomic E-state index is -0.548. The Hall–Kier alpha value is -1.62. The Labute approximate surface area is 124 Å². The summed E-state index contributed by atoms with van der Waals surface area (Å²) < 4.78 is 18.7. The number of ether oxygens (including phenoxy) is 1. The number of carbonyl (C=O) groups is 1. The topological polar surface area (TPSA) is 49.8 Å². The normalized spacial score (nSPS) is 19.3. The van der Waals surface area contributed by atoms with Gasteiger partial charge in [0.1, 0.15) is 11.6 Å². The van der Waals surface area contributed by atoms with Crippen LogP contribution in [0.1, 0.15) is 43.0 Å². The Morgan fingerprint density at radius 1 is 1.43 bits per heavy atom. The molecule has 0 unspecified atom stereocenters. The second kappa shape index (κ2) is 7.41. The van der Waals surface area contributed by atoms with E-state index in [2.05, 4.69) is 6.92 Å². The molecular formula is C16H22FNO3. The standard InChI is InChI=1S/C16H22FNO3/c1-2-10-21-13-4-3-8-18(9-7-13)16(20)14-6-5-12(17)11-15(14)19/h5-6,11,13,19H,2-4,7-10H2,1H3/t13-/m1/s1. The van der Waals surface area contributed by atoms with Crippen molar-refractivity contribution in [2.24, 2.45) is 0 Å². The van der Waals surface area contributed by atoms with Crippen LogP contribution in [-0.4, -0.2) is 41.7 Å². The Morgan fingerprint density at radius 2 is 2.24 bits per heavy atom. The molecule has 1 aromatic carbocycles. The maximum absolute atomic E-state index is 13.0. The summed E-state index contributed by atoms with van der Waals surface area (Å²) in [7, 11) is 0. The molecule has 1 aliphatic rings. The molecule has 1 N–H and O–H groups in total. The maximum Gasteiger partial charge on any atom is 0.257 e. The highest BCUT2D eigenvalue weighted by atomic mass is 19.1. The summed E-state index contributed by atoms with van der Waals surface area (Å²) in [6.45, 7) is 4.06. The molecule has 1 saturated heterocycles. The van der Waals surface area contributed by atoms with Gasteiger partial charge in [0.05, 0.1) is 11.7 Å². The van der Waals surface area contributed by atoms with E-state index in [-0.39, 0.29) is 23.3 Å². The van der Waals surface area contributed by atoms with Crippen LogP contribution in [0.3, 0.4) is 0 Å². The third kappa shape index (κ3) is 4.17. The average molecular weight is 295 g/mol. The van der Waals surface area contributed by atoms with E-state index in [9.17, 15) is 14.3 Å². The number of hydrogen-bond acceptors (Lipinski definition) is 3. The summed E-state index contributed by atoms with van der Waals surface area (Å²) in [5, 5.41) is 9.72. The minimum Gasteiger partial charge on any atom is -0.507 e. The molecule has 116 valence electrons. The van der Waals surface area contributed by atoms with Crippen LogP contribution in [0.5, 0.6) is 5.75 Å². The quantitative estimate of drug-likeness (QED) is 0.929. The highest BCUT2D eigenvalue weighted by Gasteiger charge is 2.23. The molecule has 0 bridgehead atoms. The van der Waals surface area contributed by atoms with Crippen molar-refractivity contribution >= 4 is 5.91 Å². The first kappa shape index (κ1) is 15.8. The number of aromatic hydroxyl groups is 1. The molecular weight excluding hydrogens is 273 g/mol. The van der Waals surface area contributed by atoms with Gasteiger partial charge in [0.25, 0.3) is 5.91 Å². The molecule has 0 radical (unpaired) electrons. The number of hydrogen-bond donors (Lipinski definition) is 1. The number of carbonyl (C=O) groups excluding carboxylic acids is 1. The van der Waals surface area contributed by atoms with Crippen molar-refractivity contribution in [1.29, 1.82) is 0 Å². The van der Waals surface area contributed by atoms with Gasteiger partial charge in [0, 0.05) is 25.8 Å². The predicted molar refractivity (Wildman–Crippen MR) is 77.9 cm³/mol. The molecule has 4 nitrogen and oxygen atoms in total. The van der Waals surface area contributed by atoms with Gasteiger partial charge in [-0.05, 0) is 37.8 Å². The summed E-state index contributed by atoms with van der Waals surface area (Å²) >= 11 is 0. The van der Waals surface area contributed by atoms with Crippen LogP contribution in [0, 0.1) is 5.82 Å². The van der Waals surface area contributed by atoms with Crippen molar-refractivity contribution in [2.45, 2.75) is 38.7 Å². The van der Waals surface area contributed by atoms with E-state index in [0.717, 1.165) is 38.4 Å². The van der Waals surface area contributed by atoms with E-state index in [1.54, 1.807) is 4.90 Å². The smallest absolute Gasteiger partial charge is 0.257 e. The van der Waals surface area contributed by atoms with Crippen LogP contribution in [-0.2, 0) is 4.74 Å². The molecule has 0 spiro atoms. The molecule has 1 fully saturated rings.